The molecule has 8 nitrogen and oxygen atoms in total. The molecule has 0 bridgehead atoms. The Morgan fingerprint density at radius 2 is 1.86 bits per heavy atom. The Morgan fingerprint density at radius 1 is 1.27 bits per heavy atom. The Hall–Kier alpha value is -2.12. The molecule has 122 valence electrons. The van der Waals surface area contributed by atoms with Gasteiger partial charge in [-0.1, -0.05) is 19.3 Å². The van der Waals surface area contributed by atoms with Crippen LogP contribution in [0.25, 0.3) is 0 Å². The van der Waals surface area contributed by atoms with Crippen molar-refractivity contribution in [1.29, 1.82) is 0 Å². The lowest BCUT2D eigenvalue weighted by Gasteiger charge is -2.35. The summed E-state index contributed by atoms with van der Waals surface area (Å²) >= 11 is 0. The van der Waals surface area contributed by atoms with Gasteiger partial charge in [-0.15, -0.1) is 0 Å². The van der Waals surface area contributed by atoms with Crippen molar-refractivity contribution in [3.8, 4) is 0 Å². The van der Waals surface area contributed by atoms with Crippen LogP contribution in [0.15, 0.2) is 0 Å². The topological polar surface area (TPSA) is 107 Å². The maximum atomic E-state index is 12.6. The van der Waals surface area contributed by atoms with Crippen LogP contribution < -0.4 is 5.32 Å². The minimum Gasteiger partial charge on any atom is -0.480 e. The highest BCUT2D eigenvalue weighted by Crippen LogP contribution is 2.39. The van der Waals surface area contributed by atoms with Crippen molar-refractivity contribution >= 4 is 23.8 Å². The minimum atomic E-state index is -1.17. The average Bonchev–Trinajstić information content (AvgIpc) is 2.64. The Morgan fingerprint density at radius 3 is 2.41 bits per heavy atom. The van der Waals surface area contributed by atoms with E-state index in [4.69, 9.17) is 5.11 Å². The number of carbonyl (C=O) groups excluding carboxylic acids is 3. The fourth-order valence-electron chi connectivity index (χ4n) is 3.16. The van der Waals surface area contributed by atoms with E-state index in [1.54, 1.807) is 7.05 Å². The van der Waals surface area contributed by atoms with Crippen LogP contribution in [-0.4, -0.2) is 63.9 Å². The SMILES string of the molecule is C[C@H](NC(=O)CN1C(=O)N(C)C2(CCCCC2)C1=O)C(=O)O. The number of imide groups is 1. The van der Waals surface area contributed by atoms with Gasteiger partial charge in [0.25, 0.3) is 5.91 Å². The monoisotopic (exact) mass is 311 g/mol. The third kappa shape index (κ3) is 2.65. The van der Waals surface area contributed by atoms with Gasteiger partial charge in [0.15, 0.2) is 0 Å². The van der Waals surface area contributed by atoms with Crippen LogP contribution >= 0.6 is 0 Å². The second-order valence-electron chi connectivity index (χ2n) is 5.95. The molecule has 4 amide bonds. The molecule has 2 rings (SSSR count). The largest absolute Gasteiger partial charge is 0.480 e. The summed E-state index contributed by atoms with van der Waals surface area (Å²) in [6.07, 6.45) is 4.00. The van der Waals surface area contributed by atoms with Crippen LogP contribution in [0.2, 0.25) is 0 Å². The molecule has 8 heteroatoms. The maximum absolute atomic E-state index is 12.6. The average molecular weight is 311 g/mol. The van der Waals surface area contributed by atoms with Crippen molar-refractivity contribution in [2.75, 3.05) is 13.6 Å². The van der Waals surface area contributed by atoms with Gasteiger partial charge in [-0.3, -0.25) is 19.3 Å². The molecule has 1 saturated heterocycles. The van der Waals surface area contributed by atoms with E-state index in [2.05, 4.69) is 5.32 Å². The normalized spacial score (nSPS) is 22.1. The molecule has 0 aromatic carbocycles. The third-order valence-electron chi connectivity index (χ3n) is 4.53. The van der Waals surface area contributed by atoms with E-state index in [9.17, 15) is 19.2 Å². The summed E-state index contributed by atoms with van der Waals surface area (Å²) < 4.78 is 0. The molecule has 0 unspecified atom stereocenters. The van der Waals surface area contributed by atoms with Gasteiger partial charge in [0.1, 0.15) is 18.1 Å². The lowest BCUT2D eigenvalue weighted by atomic mass is 9.81. The van der Waals surface area contributed by atoms with Crippen LogP contribution in [0.3, 0.4) is 0 Å². The fraction of sp³-hybridized carbons (Fsp3) is 0.714. The highest BCUT2D eigenvalue weighted by Gasteiger charge is 2.55. The first kappa shape index (κ1) is 16.3. The van der Waals surface area contributed by atoms with Crippen LogP contribution in [-0.2, 0) is 14.4 Å². The summed E-state index contributed by atoms with van der Waals surface area (Å²) in [6, 6.07) is -1.56. The van der Waals surface area contributed by atoms with E-state index < -0.39 is 36.0 Å². The van der Waals surface area contributed by atoms with Gasteiger partial charge in [0.05, 0.1) is 0 Å². The highest BCUT2D eigenvalue weighted by molar-refractivity contribution is 6.09. The quantitative estimate of drug-likeness (QED) is 0.720. The molecule has 1 aliphatic carbocycles. The van der Waals surface area contributed by atoms with E-state index in [0.717, 1.165) is 24.2 Å². The third-order valence-corrected chi connectivity index (χ3v) is 4.53. The van der Waals surface area contributed by atoms with E-state index in [1.165, 1.54) is 11.8 Å². The summed E-state index contributed by atoms with van der Waals surface area (Å²) in [6.45, 7) is 0.879. The Bertz CT molecular complexity index is 513. The van der Waals surface area contributed by atoms with Crippen molar-refractivity contribution < 1.29 is 24.3 Å². The Kier molecular flexibility index (Phi) is 4.39. The lowest BCUT2D eigenvalue weighted by Crippen LogP contribution is -2.50. The van der Waals surface area contributed by atoms with Crippen molar-refractivity contribution in [3.63, 3.8) is 0 Å². The van der Waals surface area contributed by atoms with Crippen molar-refractivity contribution in [2.45, 2.75) is 50.6 Å². The van der Waals surface area contributed by atoms with E-state index in [-0.39, 0.29) is 5.91 Å². The van der Waals surface area contributed by atoms with Gasteiger partial charge in [-0.25, -0.2) is 4.79 Å². The molecule has 0 aromatic heterocycles. The number of urea groups is 1. The second kappa shape index (κ2) is 5.94. The number of hydrogen-bond acceptors (Lipinski definition) is 4. The second-order valence-corrected chi connectivity index (χ2v) is 5.95. The molecule has 0 aromatic rings. The minimum absolute atomic E-state index is 0.349. The fourth-order valence-corrected chi connectivity index (χ4v) is 3.16. The number of aliphatic carboxylic acids is 1. The smallest absolute Gasteiger partial charge is 0.327 e. The zero-order chi connectivity index (χ0) is 16.5. The molecular weight excluding hydrogens is 290 g/mol. The Balaban J connectivity index is 2.08. The number of nitrogens with zero attached hydrogens (tertiary/aromatic N) is 2. The molecular formula is C14H21N3O5. The summed E-state index contributed by atoms with van der Waals surface area (Å²) in [5, 5.41) is 11.0. The molecule has 2 aliphatic rings. The number of carbonyl (C=O) groups is 4. The van der Waals surface area contributed by atoms with Crippen LogP contribution in [0.5, 0.6) is 0 Å². The van der Waals surface area contributed by atoms with Gasteiger partial charge >= 0.3 is 12.0 Å². The van der Waals surface area contributed by atoms with Gasteiger partial charge in [0.2, 0.25) is 5.91 Å². The van der Waals surface area contributed by atoms with E-state index in [1.807, 2.05) is 0 Å². The first-order valence-electron chi connectivity index (χ1n) is 7.41. The summed E-state index contributed by atoms with van der Waals surface area (Å²) in [7, 11) is 1.59. The number of likely N-dealkylation sites (N-methyl/N-ethyl adjacent to an activating group) is 1. The highest BCUT2D eigenvalue weighted by atomic mass is 16.4. The van der Waals surface area contributed by atoms with Gasteiger partial charge in [-0.05, 0) is 19.8 Å². The van der Waals surface area contributed by atoms with Crippen LogP contribution in [0.4, 0.5) is 4.79 Å². The zero-order valence-electron chi connectivity index (χ0n) is 12.8. The van der Waals surface area contributed by atoms with Crippen LogP contribution in [0, 0.1) is 0 Å². The molecule has 22 heavy (non-hydrogen) atoms. The van der Waals surface area contributed by atoms with Gasteiger partial charge in [0, 0.05) is 7.05 Å². The number of carboxylic acids is 1. The lowest BCUT2D eigenvalue weighted by molar-refractivity contribution is -0.142. The van der Waals surface area contributed by atoms with E-state index >= 15 is 0 Å². The number of rotatable bonds is 4. The van der Waals surface area contributed by atoms with E-state index in [0.29, 0.717) is 12.8 Å². The molecule has 1 heterocycles. The number of amides is 4. The summed E-state index contributed by atoms with van der Waals surface area (Å²) in [5.41, 5.74) is -0.825. The van der Waals surface area contributed by atoms with Gasteiger partial charge < -0.3 is 15.3 Å². The first-order chi connectivity index (χ1) is 10.3. The first-order valence-corrected chi connectivity index (χ1v) is 7.41. The van der Waals surface area contributed by atoms with Crippen molar-refractivity contribution in [3.05, 3.63) is 0 Å². The molecule has 1 aliphatic heterocycles. The maximum Gasteiger partial charge on any atom is 0.327 e. The molecule has 2 fully saturated rings. The molecule has 0 radical (unpaired) electrons. The van der Waals surface area contributed by atoms with Crippen molar-refractivity contribution in [1.82, 2.24) is 15.1 Å². The number of nitrogens with one attached hydrogen (secondary N) is 1. The Labute approximate surface area is 128 Å². The molecule has 1 saturated carbocycles. The van der Waals surface area contributed by atoms with Crippen LogP contribution in [0.1, 0.15) is 39.0 Å². The summed E-state index contributed by atoms with van der Waals surface area (Å²) in [5.74, 6) is -2.18. The summed E-state index contributed by atoms with van der Waals surface area (Å²) in [4.78, 5) is 49.8. The van der Waals surface area contributed by atoms with Crippen molar-refractivity contribution in [2.24, 2.45) is 0 Å². The predicted octanol–water partition coefficient (Wildman–Crippen LogP) is 0.173. The standard InChI is InChI=1S/C14H21N3O5/c1-9(11(19)20)15-10(18)8-17-12(21)14(16(2)13(17)22)6-4-3-5-7-14/h9H,3-8H2,1-2H3,(H,15,18)(H,19,20)/t9-/m0/s1. The molecule has 1 atom stereocenters. The van der Waals surface area contributed by atoms with Gasteiger partial charge in [-0.2, -0.15) is 0 Å². The number of carboxylic acid groups (broad SMARTS) is 1. The predicted molar refractivity (Wildman–Crippen MR) is 75.9 cm³/mol. The molecule has 2 N–H and O–H groups in total. The number of hydrogen-bond donors (Lipinski definition) is 2. The molecule has 1 spiro atoms. The zero-order valence-corrected chi connectivity index (χ0v) is 12.8.